The Morgan fingerprint density at radius 2 is 1.10 bits per heavy atom. The first-order valence-corrected chi connectivity index (χ1v) is 8.70. The molecule has 0 spiro atoms. The molecule has 0 radical (unpaired) electrons. The van der Waals surface area contributed by atoms with Crippen LogP contribution in [0.3, 0.4) is 0 Å². The van der Waals surface area contributed by atoms with Crippen molar-refractivity contribution in [2.45, 2.75) is 40.5 Å². The van der Waals surface area contributed by atoms with Crippen LogP contribution >= 0.6 is 0 Å². The number of nitrogen functional groups attached to an aromatic ring is 3. The maximum atomic E-state index is 10.5. The van der Waals surface area contributed by atoms with Crippen molar-refractivity contribution in [2.24, 2.45) is 0 Å². The smallest absolute Gasteiger partial charge is 0.373 e. The Morgan fingerprint density at radius 3 is 1.47 bits per heavy atom. The van der Waals surface area contributed by atoms with Gasteiger partial charge in [0.05, 0.1) is 16.3 Å². The first-order valence-electron chi connectivity index (χ1n) is 8.70. The molecule has 0 amide bonds. The fourth-order valence-corrected chi connectivity index (χ4v) is 2.48. The van der Waals surface area contributed by atoms with Gasteiger partial charge in [-0.05, 0) is 67.1 Å². The molecule has 162 valence electrons. The van der Waals surface area contributed by atoms with Crippen molar-refractivity contribution in [3.63, 3.8) is 0 Å². The number of benzene rings is 2. The minimum atomic E-state index is -0.450. The van der Waals surface area contributed by atoms with Crippen LogP contribution in [0.5, 0.6) is 0 Å². The molecular weight excluding hydrogens is 392 g/mol. The van der Waals surface area contributed by atoms with Crippen LogP contribution in [0.25, 0.3) is 0 Å². The molecule has 6 N–H and O–H groups in total. The first kappa shape index (κ1) is 28.2. The number of nitro groups is 1. The van der Waals surface area contributed by atoms with E-state index in [1.165, 1.54) is 11.1 Å². The Balaban J connectivity index is 0. The molecule has 0 bridgehead atoms. The molecule has 2 aromatic rings. The molecule has 2 aromatic carbocycles. The zero-order valence-corrected chi connectivity index (χ0v) is 17.4. The number of rotatable bonds is 3. The standard InChI is InChI=1S/C9H12N2O2.C9H14N2.2CO2/c1-3-7-5-9(11(12)13)8(10)4-6(7)2;1-3-7-5-9(11)8(10)4-6(7)2;2*2-1-3/h4-5H,3,10H2,1-2H3;4-5H,3,10-11H2,1-2H3;;. The Kier molecular flexibility index (Phi) is 14.1. The third-order valence-corrected chi connectivity index (χ3v) is 3.99. The van der Waals surface area contributed by atoms with Crippen LogP contribution in [0.1, 0.15) is 36.1 Å². The highest BCUT2D eigenvalue weighted by Gasteiger charge is 2.13. The highest BCUT2D eigenvalue weighted by atomic mass is 16.6. The molecule has 0 unspecified atom stereocenters. The first-order chi connectivity index (χ1) is 14.0. The summed E-state index contributed by atoms with van der Waals surface area (Å²) in [6.45, 7) is 8.02. The Bertz CT molecular complexity index is 904. The van der Waals surface area contributed by atoms with E-state index in [4.69, 9.17) is 36.4 Å². The van der Waals surface area contributed by atoms with E-state index in [1.807, 2.05) is 26.0 Å². The quantitative estimate of drug-likeness (QED) is 0.382. The summed E-state index contributed by atoms with van der Waals surface area (Å²) in [5, 5.41) is 10.5. The van der Waals surface area contributed by atoms with Crippen LogP contribution in [0.15, 0.2) is 24.3 Å². The average molecular weight is 418 g/mol. The lowest BCUT2D eigenvalue weighted by molar-refractivity contribution is -0.384. The fraction of sp³-hybridized carbons (Fsp3) is 0.300. The minimum Gasteiger partial charge on any atom is -0.397 e. The van der Waals surface area contributed by atoms with Crippen molar-refractivity contribution in [1.29, 1.82) is 0 Å². The molecule has 30 heavy (non-hydrogen) atoms. The van der Waals surface area contributed by atoms with Gasteiger partial charge in [-0.15, -0.1) is 0 Å². The predicted octanol–water partition coefficient (Wildman–Crippen LogP) is 2.60. The van der Waals surface area contributed by atoms with Crippen molar-refractivity contribution in [3.05, 3.63) is 56.6 Å². The second-order valence-electron chi connectivity index (χ2n) is 5.88. The van der Waals surface area contributed by atoms with Crippen molar-refractivity contribution < 1.29 is 24.1 Å². The Hall–Kier alpha value is -4.00. The van der Waals surface area contributed by atoms with Crippen molar-refractivity contribution in [3.8, 4) is 0 Å². The molecule has 0 saturated carbocycles. The Labute approximate surface area is 174 Å². The topological polar surface area (TPSA) is 189 Å². The summed E-state index contributed by atoms with van der Waals surface area (Å²) < 4.78 is 0. The number of nitro benzene ring substituents is 1. The zero-order valence-electron chi connectivity index (χ0n) is 17.4. The summed E-state index contributed by atoms with van der Waals surface area (Å²) in [5.41, 5.74) is 22.8. The second kappa shape index (κ2) is 15.0. The van der Waals surface area contributed by atoms with Crippen LogP contribution in [-0.2, 0) is 32.0 Å². The molecule has 10 nitrogen and oxygen atoms in total. The van der Waals surface area contributed by atoms with E-state index in [0.29, 0.717) is 11.4 Å². The predicted molar refractivity (Wildman–Crippen MR) is 111 cm³/mol. The molecule has 10 heteroatoms. The summed E-state index contributed by atoms with van der Waals surface area (Å²) in [4.78, 5) is 42.6. The fourth-order valence-electron chi connectivity index (χ4n) is 2.48. The van der Waals surface area contributed by atoms with E-state index < -0.39 is 4.92 Å². The van der Waals surface area contributed by atoms with Crippen LogP contribution < -0.4 is 17.2 Å². The molecular formula is C20H26N4O6. The summed E-state index contributed by atoms with van der Waals surface area (Å²) in [6.07, 6.45) is 2.29. The van der Waals surface area contributed by atoms with Gasteiger partial charge in [-0.2, -0.15) is 19.2 Å². The van der Waals surface area contributed by atoms with Crippen molar-refractivity contribution >= 4 is 35.1 Å². The van der Waals surface area contributed by atoms with Gasteiger partial charge in [-0.25, -0.2) is 0 Å². The van der Waals surface area contributed by atoms with Gasteiger partial charge in [-0.3, -0.25) is 10.1 Å². The van der Waals surface area contributed by atoms with Gasteiger partial charge >= 0.3 is 12.3 Å². The lowest BCUT2D eigenvalue weighted by atomic mass is 10.0. The highest BCUT2D eigenvalue weighted by molar-refractivity contribution is 5.65. The number of carbonyl (C=O) groups excluding carboxylic acids is 4. The summed E-state index contributed by atoms with van der Waals surface area (Å²) in [7, 11) is 0. The van der Waals surface area contributed by atoms with Gasteiger partial charge in [0, 0.05) is 6.07 Å². The summed E-state index contributed by atoms with van der Waals surface area (Å²) in [6, 6.07) is 7.07. The van der Waals surface area contributed by atoms with E-state index in [0.717, 1.165) is 24.0 Å². The SMILES string of the molecule is CCc1cc(N)c(N)cc1C.CCc1cc([N+](=O)[O-])c(N)cc1C.O=C=O.O=C=O. The van der Waals surface area contributed by atoms with Gasteiger partial charge in [-0.1, -0.05) is 13.8 Å². The highest BCUT2D eigenvalue weighted by Crippen LogP contribution is 2.25. The molecule has 0 aliphatic heterocycles. The van der Waals surface area contributed by atoms with Gasteiger partial charge in [0.25, 0.3) is 5.69 Å². The van der Waals surface area contributed by atoms with E-state index in [9.17, 15) is 10.1 Å². The normalized spacial score (nSPS) is 8.53. The van der Waals surface area contributed by atoms with Gasteiger partial charge < -0.3 is 17.2 Å². The van der Waals surface area contributed by atoms with Crippen LogP contribution in [0, 0.1) is 24.0 Å². The number of hydrogen-bond donors (Lipinski definition) is 3. The zero-order chi connectivity index (χ0) is 23.9. The lowest BCUT2D eigenvalue weighted by Gasteiger charge is -2.06. The summed E-state index contributed by atoms with van der Waals surface area (Å²) >= 11 is 0. The van der Waals surface area contributed by atoms with E-state index in [-0.39, 0.29) is 23.7 Å². The monoisotopic (exact) mass is 418 g/mol. The van der Waals surface area contributed by atoms with Crippen LogP contribution in [0.2, 0.25) is 0 Å². The van der Waals surface area contributed by atoms with Gasteiger partial charge in [0.2, 0.25) is 0 Å². The van der Waals surface area contributed by atoms with Crippen molar-refractivity contribution in [2.75, 3.05) is 17.2 Å². The van der Waals surface area contributed by atoms with Gasteiger partial charge in [0.1, 0.15) is 5.69 Å². The van der Waals surface area contributed by atoms with E-state index in [2.05, 4.69) is 13.8 Å². The number of aryl methyl sites for hydroxylation is 4. The molecule has 0 fully saturated rings. The third-order valence-electron chi connectivity index (χ3n) is 3.99. The largest absolute Gasteiger partial charge is 0.397 e. The summed E-state index contributed by atoms with van der Waals surface area (Å²) in [5.74, 6) is 0. The Morgan fingerprint density at radius 1 is 0.767 bits per heavy atom. The molecule has 0 heterocycles. The lowest BCUT2D eigenvalue weighted by Crippen LogP contribution is -1.98. The van der Waals surface area contributed by atoms with Crippen LogP contribution in [-0.4, -0.2) is 17.2 Å². The molecule has 0 atom stereocenters. The number of nitrogens with zero attached hydrogens (tertiary/aromatic N) is 1. The molecule has 0 saturated heterocycles. The third kappa shape index (κ3) is 9.80. The molecule has 0 aliphatic rings. The van der Waals surface area contributed by atoms with E-state index >= 15 is 0 Å². The number of hydrogen-bond acceptors (Lipinski definition) is 9. The maximum absolute atomic E-state index is 10.5. The van der Waals surface area contributed by atoms with Crippen molar-refractivity contribution in [1.82, 2.24) is 0 Å². The number of anilines is 3. The number of nitrogens with two attached hydrogens (primary N) is 3. The maximum Gasteiger partial charge on any atom is 0.373 e. The van der Waals surface area contributed by atoms with Crippen LogP contribution in [0.4, 0.5) is 22.7 Å². The van der Waals surface area contributed by atoms with E-state index in [1.54, 1.807) is 12.1 Å². The molecule has 0 aliphatic carbocycles. The molecule has 0 aromatic heterocycles. The minimum absolute atomic E-state index is 0.00227. The molecule has 2 rings (SSSR count). The average Bonchev–Trinajstić information content (AvgIpc) is 2.66. The van der Waals surface area contributed by atoms with Gasteiger partial charge in [0.15, 0.2) is 0 Å². The second-order valence-corrected chi connectivity index (χ2v) is 5.88.